The standard InChI is InChI=1S/C22H39NO2S.ClH/c1-6-7-8-9-10-11-16-23-22(4,5)21(24)17-25-19-12-14-20(15-13-19)26-18(2)3;/h12-15,18,21,23-24H,6-11,16-17H2,1-5H3;1H. The minimum atomic E-state index is -0.549. The summed E-state index contributed by atoms with van der Waals surface area (Å²) in [6.45, 7) is 11.9. The van der Waals surface area contributed by atoms with Crippen LogP contribution >= 0.6 is 24.2 Å². The van der Waals surface area contributed by atoms with E-state index in [9.17, 15) is 5.11 Å². The third-order valence-corrected chi connectivity index (χ3v) is 5.56. The van der Waals surface area contributed by atoms with Gasteiger partial charge in [-0.2, -0.15) is 0 Å². The quantitative estimate of drug-likeness (QED) is 0.284. The van der Waals surface area contributed by atoms with Crippen molar-refractivity contribution in [2.75, 3.05) is 13.2 Å². The van der Waals surface area contributed by atoms with E-state index in [1.807, 2.05) is 37.7 Å². The highest BCUT2D eigenvalue weighted by Gasteiger charge is 2.27. The monoisotopic (exact) mass is 417 g/mol. The Labute approximate surface area is 177 Å². The smallest absolute Gasteiger partial charge is 0.119 e. The molecule has 0 fully saturated rings. The van der Waals surface area contributed by atoms with Gasteiger partial charge in [0.25, 0.3) is 0 Å². The molecule has 1 aromatic rings. The summed E-state index contributed by atoms with van der Waals surface area (Å²) in [5.74, 6) is 0.809. The average Bonchev–Trinajstić information content (AvgIpc) is 2.59. The van der Waals surface area contributed by atoms with Gasteiger partial charge in [0, 0.05) is 15.7 Å². The average molecular weight is 418 g/mol. The molecule has 1 rings (SSSR count). The molecular formula is C22H40ClNO2S. The third-order valence-electron chi connectivity index (χ3n) is 4.55. The number of hydrogen-bond acceptors (Lipinski definition) is 4. The zero-order valence-corrected chi connectivity index (χ0v) is 19.4. The van der Waals surface area contributed by atoms with Gasteiger partial charge in [-0.1, -0.05) is 52.9 Å². The van der Waals surface area contributed by atoms with E-state index in [-0.39, 0.29) is 17.9 Å². The maximum atomic E-state index is 10.5. The number of benzene rings is 1. The van der Waals surface area contributed by atoms with Crippen LogP contribution in [0, 0.1) is 0 Å². The Morgan fingerprint density at radius 2 is 1.63 bits per heavy atom. The van der Waals surface area contributed by atoms with E-state index >= 15 is 0 Å². The fourth-order valence-electron chi connectivity index (χ4n) is 2.70. The Morgan fingerprint density at radius 3 is 2.22 bits per heavy atom. The van der Waals surface area contributed by atoms with E-state index in [4.69, 9.17) is 4.74 Å². The number of unbranched alkanes of at least 4 members (excludes halogenated alkanes) is 5. The van der Waals surface area contributed by atoms with Crippen molar-refractivity contribution in [3.63, 3.8) is 0 Å². The molecule has 1 unspecified atom stereocenters. The first kappa shape index (κ1) is 26.6. The van der Waals surface area contributed by atoms with Gasteiger partial charge in [-0.25, -0.2) is 0 Å². The highest BCUT2D eigenvalue weighted by Crippen LogP contribution is 2.25. The molecule has 0 saturated heterocycles. The second-order valence-corrected chi connectivity index (χ2v) is 9.53. The van der Waals surface area contributed by atoms with Crippen molar-refractivity contribution in [2.24, 2.45) is 0 Å². The van der Waals surface area contributed by atoms with Gasteiger partial charge in [0.05, 0.1) is 0 Å². The van der Waals surface area contributed by atoms with Crippen LogP contribution in [0.2, 0.25) is 0 Å². The molecule has 0 bridgehead atoms. The second-order valence-electron chi connectivity index (χ2n) is 7.88. The van der Waals surface area contributed by atoms with Crippen molar-refractivity contribution in [1.82, 2.24) is 5.32 Å². The summed E-state index contributed by atoms with van der Waals surface area (Å²) in [7, 11) is 0. The van der Waals surface area contributed by atoms with E-state index in [2.05, 4.69) is 38.2 Å². The van der Waals surface area contributed by atoms with Gasteiger partial charge < -0.3 is 15.2 Å². The number of thioether (sulfide) groups is 1. The molecule has 0 aliphatic carbocycles. The summed E-state index contributed by atoms with van der Waals surface area (Å²) in [6.07, 6.45) is 7.15. The molecule has 5 heteroatoms. The van der Waals surface area contributed by atoms with Crippen LogP contribution in [-0.4, -0.2) is 35.2 Å². The summed E-state index contributed by atoms with van der Waals surface area (Å²) >= 11 is 1.84. The Morgan fingerprint density at radius 1 is 1.04 bits per heavy atom. The van der Waals surface area contributed by atoms with E-state index in [0.717, 1.165) is 18.7 Å². The van der Waals surface area contributed by atoms with Gasteiger partial charge in [0.15, 0.2) is 0 Å². The molecular weight excluding hydrogens is 378 g/mol. The molecule has 27 heavy (non-hydrogen) atoms. The topological polar surface area (TPSA) is 41.5 Å². The van der Waals surface area contributed by atoms with Crippen LogP contribution in [-0.2, 0) is 0 Å². The Kier molecular flexibility index (Phi) is 14.3. The molecule has 1 aromatic carbocycles. The van der Waals surface area contributed by atoms with Crippen LogP contribution in [0.25, 0.3) is 0 Å². The molecule has 0 heterocycles. The molecule has 0 aromatic heterocycles. The van der Waals surface area contributed by atoms with Crippen molar-refractivity contribution < 1.29 is 9.84 Å². The molecule has 0 aliphatic heterocycles. The number of hydrogen-bond donors (Lipinski definition) is 2. The van der Waals surface area contributed by atoms with Crippen LogP contribution < -0.4 is 10.1 Å². The lowest BCUT2D eigenvalue weighted by molar-refractivity contribution is 0.0372. The summed E-state index contributed by atoms with van der Waals surface area (Å²) in [6, 6.07) is 8.12. The van der Waals surface area contributed by atoms with Gasteiger partial charge in [-0.15, -0.1) is 24.2 Å². The fourth-order valence-corrected chi connectivity index (χ4v) is 3.54. The number of ether oxygens (including phenoxy) is 1. The summed E-state index contributed by atoms with van der Waals surface area (Å²) < 4.78 is 5.79. The van der Waals surface area contributed by atoms with Crippen molar-refractivity contribution in [2.45, 2.75) is 94.9 Å². The van der Waals surface area contributed by atoms with Crippen molar-refractivity contribution >= 4 is 24.2 Å². The summed E-state index contributed by atoms with van der Waals surface area (Å²) in [5.41, 5.74) is -0.350. The first-order valence-electron chi connectivity index (χ1n) is 10.2. The van der Waals surface area contributed by atoms with E-state index in [1.54, 1.807) is 0 Å². The van der Waals surface area contributed by atoms with Gasteiger partial charge in [0.1, 0.15) is 18.5 Å². The molecule has 3 nitrogen and oxygen atoms in total. The van der Waals surface area contributed by atoms with Crippen molar-refractivity contribution in [3.05, 3.63) is 24.3 Å². The van der Waals surface area contributed by atoms with Gasteiger partial charge in [-0.3, -0.25) is 0 Å². The number of halogens is 1. The van der Waals surface area contributed by atoms with Crippen LogP contribution in [0.4, 0.5) is 0 Å². The zero-order chi connectivity index (χ0) is 19.4. The maximum absolute atomic E-state index is 10.5. The van der Waals surface area contributed by atoms with Crippen molar-refractivity contribution in [3.8, 4) is 5.75 Å². The summed E-state index contributed by atoms with van der Waals surface area (Å²) in [4.78, 5) is 1.24. The number of aliphatic hydroxyl groups is 1. The van der Waals surface area contributed by atoms with Gasteiger partial charge in [0.2, 0.25) is 0 Å². The minimum absolute atomic E-state index is 0. The molecule has 158 valence electrons. The molecule has 0 aliphatic rings. The van der Waals surface area contributed by atoms with Crippen molar-refractivity contribution in [1.29, 1.82) is 0 Å². The van der Waals surface area contributed by atoms with E-state index in [1.165, 1.54) is 37.0 Å². The molecule has 2 N–H and O–H groups in total. The number of rotatable bonds is 14. The lowest BCUT2D eigenvalue weighted by atomic mass is 9.97. The SMILES string of the molecule is CCCCCCCCNC(C)(C)C(O)COc1ccc(SC(C)C)cc1.Cl. The normalized spacial score (nSPS) is 12.7. The highest BCUT2D eigenvalue weighted by molar-refractivity contribution is 7.99. The molecule has 0 radical (unpaired) electrons. The maximum Gasteiger partial charge on any atom is 0.119 e. The van der Waals surface area contributed by atoms with E-state index < -0.39 is 6.10 Å². The van der Waals surface area contributed by atoms with Crippen LogP contribution in [0.3, 0.4) is 0 Å². The van der Waals surface area contributed by atoms with Gasteiger partial charge >= 0.3 is 0 Å². The van der Waals surface area contributed by atoms with Crippen LogP contribution in [0.1, 0.15) is 73.1 Å². The first-order chi connectivity index (χ1) is 12.3. The predicted molar refractivity (Wildman–Crippen MR) is 122 cm³/mol. The number of aliphatic hydroxyl groups excluding tert-OH is 1. The Bertz CT molecular complexity index is 480. The van der Waals surface area contributed by atoms with Crippen LogP contribution in [0.5, 0.6) is 5.75 Å². The summed E-state index contributed by atoms with van der Waals surface area (Å²) in [5, 5.41) is 14.5. The molecule has 0 saturated carbocycles. The zero-order valence-electron chi connectivity index (χ0n) is 17.8. The minimum Gasteiger partial charge on any atom is -0.491 e. The lowest BCUT2D eigenvalue weighted by Gasteiger charge is -2.32. The highest BCUT2D eigenvalue weighted by atomic mass is 35.5. The predicted octanol–water partition coefficient (Wildman–Crippen LogP) is 6.08. The Balaban J connectivity index is 0.00000676. The fraction of sp³-hybridized carbons (Fsp3) is 0.727. The first-order valence-corrected chi connectivity index (χ1v) is 11.1. The molecule has 1 atom stereocenters. The number of nitrogens with one attached hydrogen (secondary N) is 1. The third kappa shape index (κ3) is 11.9. The van der Waals surface area contributed by atoms with Gasteiger partial charge in [-0.05, 0) is 51.1 Å². The van der Waals surface area contributed by atoms with E-state index in [0.29, 0.717) is 11.9 Å². The molecule has 0 amide bonds. The Hall–Kier alpha value is -0.420. The van der Waals surface area contributed by atoms with Crippen LogP contribution in [0.15, 0.2) is 29.2 Å². The second kappa shape index (κ2) is 14.6. The largest absolute Gasteiger partial charge is 0.491 e. The lowest BCUT2D eigenvalue weighted by Crippen LogP contribution is -2.52. The molecule has 0 spiro atoms.